The molecule has 0 spiro atoms. The van der Waals surface area contributed by atoms with Gasteiger partial charge in [-0.3, -0.25) is 9.88 Å². The van der Waals surface area contributed by atoms with Crippen LogP contribution in [0.1, 0.15) is 32.2 Å². The molecule has 0 amide bonds. The van der Waals surface area contributed by atoms with E-state index in [1.54, 1.807) is 0 Å². The Bertz CT molecular complexity index is 383. The lowest BCUT2D eigenvalue weighted by atomic mass is 10.0. The number of hydrogen-bond acceptors (Lipinski definition) is 4. The molecular weight excluding hydrogens is 238 g/mol. The highest BCUT2D eigenvalue weighted by molar-refractivity contribution is 5.10. The standard InChI is InChI=1S/C15H27N3O/c1-5-18(15(4,11-16)12-19-6-2)10-14-9-7-8-13(3)17-14/h7-9H,5-6,10-12,16H2,1-4H3. The Morgan fingerprint density at radius 2 is 2.11 bits per heavy atom. The van der Waals surface area contributed by atoms with E-state index in [0.29, 0.717) is 13.2 Å². The summed E-state index contributed by atoms with van der Waals surface area (Å²) in [5.41, 5.74) is 7.95. The molecular formula is C15H27N3O. The lowest BCUT2D eigenvalue weighted by Gasteiger charge is -2.39. The maximum absolute atomic E-state index is 5.97. The average Bonchev–Trinajstić information content (AvgIpc) is 2.42. The molecule has 1 unspecified atom stereocenters. The summed E-state index contributed by atoms with van der Waals surface area (Å²) < 4.78 is 5.59. The molecule has 0 aliphatic heterocycles. The molecule has 0 aliphatic rings. The van der Waals surface area contributed by atoms with E-state index in [0.717, 1.165) is 31.1 Å². The summed E-state index contributed by atoms with van der Waals surface area (Å²) in [4.78, 5) is 6.90. The number of nitrogens with two attached hydrogens (primary N) is 1. The SMILES string of the molecule is CCOCC(C)(CN)N(CC)Cc1cccc(C)n1. The van der Waals surface area contributed by atoms with Gasteiger partial charge in [-0.1, -0.05) is 13.0 Å². The number of hydrogen-bond donors (Lipinski definition) is 1. The van der Waals surface area contributed by atoms with Gasteiger partial charge in [-0.2, -0.15) is 0 Å². The quantitative estimate of drug-likeness (QED) is 0.781. The lowest BCUT2D eigenvalue weighted by Crippen LogP contribution is -2.54. The van der Waals surface area contributed by atoms with Crippen LogP contribution in [0.2, 0.25) is 0 Å². The number of aryl methyl sites for hydroxylation is 1. The maximum atomic E-state index is 5.97. The van der Waals surface area contributed by atoms with Gasteiger partial charge in [-0.15, -0.1) is 0 Å². The molecule has 0 aromatic carbocycles. The predicted octanol–water partition coefficient (Wildman–Crippen LogP) is 1.97. The monoisotopic (exact) mass is 265 g/mol. The third kappa shape index (κ3) is 4.56. The van der Waals surface area contributed by atoms with Crippen molar-refractivity contribution in [2.75, 3.05) is 26.3 Å². The van der Waals surface area contributed by atoms with Crippen LogP contribution in [-0.4, -0.2) is 41.7 Å². The van der Waals surface area contributed by atoms with Gasteiger partial charge in [0.15, 0.2) is 0 Å². The van der Waals surface area contributed by atoms with E-state index in [4.69, 9.17) is 10.5 Å². The van der Waals surface area contributed by atoms with Gasteiger partial charge in [0.05, 0.1) is 17.8 Å². The van der Waals surface area contributed by atoms with Crippen LogP contribution in [-0.2, 0) is 11.3 Å². The minimum atomic E-state index is -0.143. The zero-order valence-electron chi connectivity index (χ0n) is 12.6. The Morgan fingerprint density at radius 1 is 1.37 bits per heavy atom. The molecule has 1 aromatic rings. The summed E-state index contributed by atoms with van der Waals surface area (Å²) in [6, 6.07) is 6.13. The van der Waals surface area contributed by atoms with Crippen LogP contribution in [0.15, 0.2) is 18.2 Å². The van der Waals surface area contributed by atoms with E-state index in [1.807, 2.05) is 26.0 Å². The summed E-state index contributed by atoms with van der Waals surface area (Å²) in [5, 5.41) is 0. The van der Waals surface area contributed by atoms with Crippen molar-refractivity contribution in [3.05, 3.63) is 29.6 Å². The van der Waals surface area contributed by atoms with Crippen molar-refractivity contribution in [1.82, 2.24) is 9.88 Å². The molecule has 4 nitrogen and oxygen atoms in total. The molecule has 0 radical (unpaired) electrons. The first-order valence-electron chi connectivity index (χ1n) is 7.01. The fraction of sp³-hybridized carbons (Fsp3) is 0.667. The van der Waals surface area contributed by atoms with Crippen LogP contribution in [0.5, 0.6) is 0 Å². The molecule has 0 bridgehead atoms. The van der Waals surface area contributed by atoms with Crippen LogP contribution in [0, 0.1) is 6.92 Å². The zero-order valence-corrected chi connectivity index (χ0v) is 12.6. The predicted molar refractivity (Wildman–Crippen MR) is 79.0 cm³/mol. The van der Waals surface area contributed by atoms with Gasteiger partial charge < -0.3 is 10.5 Å². The molecule has 0 fully saturated rings. The van der Waals surface area contributed by atoms with Gasteiger partial charge in [-0.25, -0.2) is 0 Å². The number of ether oxygens (including phenoxy) is 1. The van der Waals surface area contributed by atoms with Crippen molar-refractivity contribution in [3.63, 3.8) is 0 Å². The Balaban J connectivity index is 2.80. The molecule has 1 atom stereocenters. The van der Waals surface area contributed by atoms with Gasteiger partial charge in [0.2, 0.25) is 0 Å². The van der Waals surface area contributed by atoms with Crippen LogP contribution >= 0.6 is 0 Å². The summed E-state index contributed by atoms with van der Waals surface area (Å²) in [6.45, 7) is 12.0. The first kappa shape index (κ1) is 16.1. The van der Waals surface area contributed by atoms with E-state index < -0.39 is 0 Å². The molecule has 0 saturated carbocycles. The first-order valence-corrected chi connectivity index (χ1v) is 7.01. The summed E-state index contributed by atoms with van der Waals surface area (Å²) in [5.74, 6) is 0. The Kier molecular flexibility index (Phi) is 6.42. The van der Waals surface area contributed by atoms with Gasteiger partial charge in [-0.05, 0) is 39.4 Å². The van der Waals surface area contributed by atoms with Crippen LogP contribution in [0.4, 0.5) is 0 Å². The van der Waals surface area contributed by atoms with Crippen LogP contribution in [0.25, 0.3) is 0 Å². The Morgan fingerprint density at radius 3 is 2.63 bits per heavy atom. The topological polar surface area (TPSA) is 51.4 Å². The molecule has 1 aromatic heterocycles. The largest absolute Gasteiger partial charge is 0.380 e. The van der Waals surface area contributed by atoms with E-state index in [1.165, 1.54) is 0 Å². The van der Waals surface area contributed by atoms with Crippen molar-refractivity contribution < 1.29 is 4.74 Å². The minimum Gasteiger partial charge on any atom is -0.380 e. The molecule has 0 saturated heterocycles. The van der Waals surface area contributed by atoms with E-state index in [-0.39, 0.29) is 5.54 Å². The molecule has 2 N–H and O–H groups in total. The highest BCUT2D eigenvalue weighted by atomic mass is 16.5. The number of aromatic nitrogens is 1. The number of likely N-dealkylation sites (N-methyl/N-ethyl adjacent to an activating group) is 1. The third-order valence-electron chi connectivity index (χ3n) is 3.50. The molecule has 1 heterocycles. The second-order valence-corrected chi connectivity index (χ2v) is 5.12. The van der Waals surface area contributed by atoms with Gasteiger partial charge >= 0.3 is 0 Å². The highest BCUT2D eigenvalue weighted by Crippen LogP contribution is 2.17. The molecule has 108 valence electrons. The molecule has 4 heteroatoms. The van der Waals surface area contributed by atoms with Gasteiger partial charge in [0, 0.05) is 25.4 Å². The van der Waals surface area contributed by atoms with Crippen LogP contribution < -0.4 is 5.73 Å². The summed E-state index contributed by atoms with van der Waals surface area (Å²) >= 11 is 0. The summed E-state index contributed by atoms with van der Waals surface area (Å²) in [7, 11) is 0. The minimum absolute atomic E-state index is 0.143. The highest BCUT2D eigenvalue weighted by Gasteiger charge is 2.30. The van der Waals surface area contributed by atoms with Crippen molar-refractivity contribution >= 4 is 0 Å². The van der Waals surface area contributed by atoms with E-state index in [9.17, 15) is 0 Å². The Hall–Kier alpha value is -0.970. The zero-order chi connectivity index (χ0) is 14.3. The maximum Gasteiger partial charge on any atom is 0.0660 e. The lowest BCUT2D eigenvalue weighted by molar-refractivity contribution is 0.00776. The van der Waals surface area contributed by atoms with Crippen molar-refractivity contribution in [2.45, 2.75) is 39.8 Å². The van der Waals surface area contributed by atoms with Gasteiger partial charge in [0.25, 0.3) is 0 Å². The summed E-state index contributed by atoms with van der Waals surface area (Å²) in [6.07, 6.45) is 0. The van der Waals surface area contributed by atoms with Crippen LogP contribution in [0.3, 0.4) is 0 Å². The van der Waals surface area contributed by atoms with Crippen molar-refractivity contribution in [2.24, 2.45) is 5.73 Å². The third-order valence-corrected chi connectivity index (χ3v) is 3.50. The second kappa shape index (κ2) is 7.58. The van der Waals surface area contributed by atoms with E-state index in [2.05, 4.69) is 29.8 Å². The Labute approximate surface area is 117 Å². The van der Waals surface area contributed by atoms with E-state index >= 15 is 0 Å². The first-order chi connectivity index (χ1) is 9.05. The fourth-order valence-electron chi connectivity index (χ4n) is 2.17. The second-order valence-electron chi connectivity index (χ2n) is 5.12. The van der Waals surface area contributed by atoms with Crippen molar-refractivity contribution in [1.29, 1.82) is 0 Å². The number of nitrogens with zero attached hydrogens (tertiary/aromatic N) is 2. The smallest absolute Gasteiger partial charge is 0.0660 e. The fourth-order valence-corrected chi connectivity index (χ4v) is 2.17. The molecule has 19 heavy (non-hydrogen) atoms. The van der Waals surface area contributed by atoms with Gasteiger partial charge in [0.1, 0.15) is 0 Å². The number of pyridine rings is 1. The molecule has 1 rings (SSSR count). The van der Waals surface area contributed by atoms with Crippen molar-refractivity contribution in [3.8, 4) is 0 Å². The molecule has 0 aliphatic carbocycles. The number of rotatable bonds is 8. The average molecular weight is 265 g/mol. The normalized spacial score (nSPS) is 14.6.